The Morgan fingerprint density at radius 1 is 0.903 bits per heavy atom. The molecule has 1 N–H and O–H groups in total. The molecule has 4 aliphatic rings. The Labute approximate surface area is 368 Å². The maximum Gasteiger partial charge on any atom is 0.264 e. The molecule has 4 aromatic rings. The van der Waals surface area contributed by atoms with Gasteiger partial charge in [-0.05, 0) is 105 Å². The minimum atomic E-state index is -2.59. The number of aryl methyl sites for hydroxylation is 1. The Kier molecular flexibility index (Phi) is 12.2. The number of hydrogen-bond donors (Lipinski definition) is 1. The summed E-state index contributed by atoms with van der Waals surface area (Å²) >= 11 is 0. The molecular formula is C52H61N3O6Si. The minimum Gasteiger partial charge on any atom is -0.497 e. The van der Waals surface area contributed by atoms with Crippen LogP contribution in [0.1, 0.15) is 75.6 Å². The largest absolute Gasteiger partial charge is 0.497 e. The Balaban J connectivity index is 1.24. The summed E-state index contributed by atoms with van der Waals surface area (Å²) in [7, 11) is -0.932. The molecule has 62 heavy (non-hydrogen) atoms. The van der Waals surface area contributed by atoms with Crippen molar-refractivity contribution in [1.29, 1.82) is 0 Å². The number of anilines is 3. The highest BCUT2D eigenvalue weighted by atomic mass is 28.3. The van der Waals surface area contributed by atoms with Crippen LogP contribution in [-0.4, -0.2) is 68.2 Å². The van der Waals surface area contributed by atoms with E-state index in [0.717, 1.165) is 52.2 Å². The van der Waals surface area contributed by atoms with E-state index in [1.54, 1.807) is 12.0 Å². The van der Waals surface area contributed by atoms with E-state index in [4.69, 9.17) is 9.47 Å². The molecule has 0 aliphatic carbocycles. The topological polar surface area (TPSA) is 99.6 Å². The number of aliphatic hydroxyl groups is 1. The SMILES string of the molecule is COc1ccc([Si](C)(C)[C@@H]2[C@@H](CC(=O)N3Cc4ccccc4C[C@H]3CO)O[C@]3(C(=O)N(C/C=C(\C)CCC=C(C)C)c4ccc(N5C(=O)CCc6ccccc65)cc43)[C@H]2C)cc1. The second-order valence-electron chi connectivity index (χ2n) is 18.5. The highest BCUT2D eigenvalue weighted by molar-refractivity contribution is 6.91. The smallest absolute Gasteiger partial charge is 0.264 e. The van der Waals surface area contributed by atoms with E-state index in [1.165, 1.54) is 16.3 Å². The van der Waals surface area contributed by atoms with Gasteiger partial charge in [0.05, 0.1) is 51.7 Å². The van der Waals surface area contributed by atoms with Crippen molar-refractivity contribution in [3.63, 3.8) is 0 Å². The van der Waals surface area contributed by atoms with E-state index in [0.29, 0.717) is 38.0 Å². The molecule has 4 aromatic carbocycles. The first-order chi connectivity index (χ1) is 29.8. The third-order valence-electron chi connectivity index (χ3n) is 14.1. The number of nitrogens with zero attached hydrogens (tertiary/aromatic N) is 3. The van der Waals surface area contributed by atoms with Crippen molar-refractivity contribution in [2.24, 2.45) is 5.92 Å². The summed E-state index contributed by atoms with van der Waals surface area (Å²) in [4.78, 5) is 49.8. The number of para-hydroxylation sites is 1. The first-order valence-corrected chi connectivity index (χ1v) is 25.3. The molecule has 10 heteroatoms. The number of carbonyl (C=O) groups is 3. The lowest BCUT2D eigenvalue weighted by molar-refractivity contribution is -0.150. The fraction of sp³-hybridized carbons (Fsp3) is 0.404. The Morgan fingerprint density at radius 3 is 2.32 bits per heavy atom. The second kappa shape index (κ2) is 17.5. The van der Waals surface area contributed by atoms with Gasteiger partial charge in [-0.15, -0.1) is 0 Å². The van der Waals surface area contributed by atoms with Gasteiger partial charge in [-0.3, -0.25) is 19.3 Å². The van der Waals surface area contributed by atoms with Crippen LogP contribution in [0.3, 0.4) is 0 Å². The Bertz CT molecular complexity index is 2420. The van der Waals surface area contributed by atoms with E-state index in [2.05, 4.69) is 83.3 Å². The van der Waals surface area contributed by atoms with Crippen molar-refractivity contribution in [3.05, 3.63) is 137 Å². The molecule has 5 atom stereocenters. The molecule has 4 aliphatic heterocycles. The molecular weight excluding hydrogens is 791 g/mol. The number of methoxy groups -OCH3 is 1. The Morgan fingerprint density at radius 2 is 1.61 bits per heavy atom. The third-order valence-corrected chi connectivity index (χ3v) is 18.5. The predicted molar refractivity (Wildman–Crippen MR) is 249 cm³/mol. The zero-order valence-electron chi connectivity index (χ0n) is 37.3. The van der Waals surface area contributed by atoms with E-state index in [9.17, 15) is 14.7 Å². The van der Waals surface area contributed by atoms with E-state index in [1.807, 2.05) is 70.5 Å². The van der Waals surface area contributed by atoms with Crippen LogP contribution < -0.4 is 19.7 Å². The average Bonchev–Trinajstić information content (AvgIpc) is 3.70. The number of benzene rings is 4. The average molecular weight is 852 g/mol. The van der Waals surface area contributed by atoms with Crippen molar-refractivity contribution in [3.8, 4) is 5.75 Å². The van der Waals surface area contributed by atoms with Crippen LogP contribution in [0.25, 0.3) is 0 Å². The Hall–Kier alpha value is -5.29. The number of allylic oxidation sites excluding steroid dienone is 3. The minimum absolute atomic E-state index is 0.00475. The van der Waals surface area contributed by atoms with Gasteiger partial charge in [0.1, 0.15) is 5.75 Å². The van der Waals surface area contributed by atoms with Crippen LogP contribution in [0.2, 0.25) is 18.6 Å². The predicted octanol–water partition coefficient (Wildman–Crippen LogP) is 8.90. The number of fused-ring (bicyclic) bond motifs is 4. The maximum absolute atomic E-state index is 15.7. The van der Waals surface area contributed by atoms with Gasteiger partial charge in [0, 0.05) is 36.7 Å². The zero-order valence-corrected chi connectivity index (χ0v) is 38.3. The summed E-state index contributed by atoms with van der Waals surface area (Å²) in [6.45, 7) is 13.7. The highest BCUT2D eigenvalue weighted by Gasteiger charge is 2.66. The van der Waals surface area contributed by atoms with Gasteiger partial charge in [0.25, 0.3) is 5.91 Å². The van der Waals surface area contributed by atoms with E-state index in [-0.39, 0.29) is 48.3 Å². The quantitative estimate of drug-likeness (QED) is 0.113. The van der Waals surface area contributed by atoms with Gasteiger partial charge in [-0.25, -0.2) is 0 Å². The lowest BCUT2D eigenvalue weighted by atomic mass is 9.82. The molecule has 0 unspecified atom stereocenters. The maximum atomic E-state index is 15.7. The monoisotopic (exact) mass is 851 g/mol. The number of hydrogen-bond acceptors (Lipinski definition) is 6. The summed E-state index contributed by atoms with van der Waals surface area (Å²) in [5, 5.41) is 11.8. The van der Waals surface area contributed by atoms with Crippen LogP contribution in [-0.2, 0) is 44.1 Å². The molecule has 4 heterocycles. The van der Waals surface area contributed by atoms with Crippen molar-refractivity contribution in [2.45, 2.75) is 109 Å². The molecule has 9 nitrogen and oxygen atoms in total. The third kappa shape index (κ3) is 7.75. The number of aliphatic hydroxyl groups excluding tert-OH is 1. The normalized spacial score (nSPS) is 23.4. The van der Waals surface area contributed by atoms with Gasteiger partial charge >= 0.3 is 0 Å². The molecule has 0 aromatic heterocycles. The van der Waals surface area contributed by atoms with Crippen LogP contribution in [0.4, 0.5) is 17.1 Å². The van der Waals surface area contributed by atoms with Crippen LogP contribution in [0, 0.1) is 5.92 Å². The standard InChI is InChI=1S/C52H61N3O6Si/c1-34(2)13-12-14-35(3)27-28-53-46-25-20-40(55-45-18-11-10-15-37(45)19-26-48(55)57)30-44(46)52(51(53)59)36(4)50(62(6,7)43-23-21-42(60-5)22-24-43)47(61-52)31-49(58)54-32-39-17-9-8-16-38(39)29-41(54)33-56/h8-11,13,15-18,20-25,27,30,36,41,47,50,56H,12,14,19,26,28-29,31-33H2,1-7H3/b35-27+/t36-,41-,47+,50-,52+/m0/s1. The van der Waals surface area contributed by atoms with Crippen molar-refractivity contribution in [2.75, 3.05) is 30.1 Å². The zero-order chi connectivity index (χ0) is 43.9. The molecule has 1 spiro atoms. The summed E-state index contributed by atoms with van der Waals surface area (Å²) < 4.78 is 13.0. The molecule has 0 bridgehead atoms. The van der Waals surface area contributed by atoms with Gasteiger partial charge in [-0.1, -0.05) is 103 Å². The van der Waals surface area contributed by atoms with Gasteiger partial charge < -0.3 is 24.4 Å². The van der Waals surface area contributed by atoms with Crippen LogP contribution in [0.15, 0.2) is 114 Å². The molecule has 3 amide bonds. The van der Waals surface area contributed by atoms with Crippen LogP contribution >= 0.6 is 0 Å². The molecule has 0 radical (unpaired) electrons. The summed E-state index contributed by atoms with van der Waals surface area (Å²) in [5.74, 6) is 0.178. The first kappa shape index (κ1) is 43.4. The van der Waals surface area contributed by atoms with E-state index < -0.39 is 19.8 Å². The summed E-state index contributed by atoms with van der Waals surface area (Å²) in [6.07, 6.45) is 7.28. The highest BCUT2D eigenvalue weighted by Crippen LogP contribution is 2.60. The van der Waals surface area contributed by atoms with Gasteiger partial charge in [-0.2, -0.15) is 0 Å². The molecule has 324 valence electrons. The number of rotatable bonds is 12. The lowest BCUT2D eigenvalue weighted by Crippen LogP contribution is -2.52. The summed E-state index contributed by atoms with van der Waals surface area (Å²) in [5.41, 5.74) is 7.24. The van der Waals surface area contributed by atoms with Gasteiger partial charge in [0.2, 0.25) is 11.8 Å². The molecule has 1 fully saturated rings. The number of ether oxygens (including phenoxy) is 2. The van der Waals surface area contributed by atoms with Crippen molar-refractivity contribution >= 4 is 48.0 Å². The number of amides is 3. The second-order valence-corrected chi connectivity index (χ2v) is 23.2. The molecule has 0 saturated carbocycles. The van der Waals surface area contributed by atoms with E-state index >= 15 is 4.79 Å². The number of carbonyl (C=O) groups excluding carboxylic acids is 3. The lowest BCUT2D eigenvalue weighted by Gasteiger charge is -2.39. The van der Waals surface area contributed by atoms with Crippen molar-refractivity contribution in [1.82, 2.24) is 4.90 Å². The summed E-state index contributed by atoms with van der Waals surface area (Å²) in [6, 6.07) is 30.0. The van der Waals surface area contributed by atoms with Crippen molar-refractivity contribution < 1.29 is 29.0 Å². The fourth-order valence-corrected chi connectivity index (χ4v) is 14.8. The molecule has 8 rings (SSSR count). The fourth-order valence-electron chi connectivity index (χ4n) is 10.8. The first-order valence-electron chi connectivity index (χ1n) is 22.2. The van der Waals surface area contributed by atoms with Gasteiger partial charge in [0.15, 0.2) is 5.60 Å². The molecule has 1 saturated heterocycles. The van der Waals surface area contributed by atoms with Crippen LogP contribution in [0.5, 0.6) is 5.75 Å².